The van der Waals surface area contributed by atoms with E-state index < -0.39 is 22.0 Å². The van der Waals surface area contributed by atoms with E-state index in [2.05, 4.69) is 36.0 Å². The molecule has 94 valence electrons. The molecule has 0 spiro atoms. The Morgan fingerprint density at radius 2 is 1.65 bits per heavy atom. The molecule has 17 heavy (non-hydrogen) atoms. The van der Waals surface area contributed by atoms with Crippen molar-refractivity contribution in [1.29, 1.82) is 0 Å². The van der Waals surface area contributed by atoms with Crippen LogP contribution in [-0.2, 0) is 19.1 Å². The van der Waals surface area contributed by atoms with Crippen LogP contribution in [0.3, 0.4) is 0 Å². The summed E-state index contributed by atoms with van der Waals surface area (Å²) >= 11 is 6.33. The van der Waals surface area contributed by atoms with Crippen LogP contribution in [0.15, 0.2) is 32.0 Å². The van der Waals surface area contributed by atoms with Gasteiger partial charge in [0.05, 0.1) is 5.92 Å². The zero-order chi connectivity index (χ0) is 13.2. The molecular weight excluding hydrogens is 376 g/mol. The average Bonchev–Trinajstić information content (AvgIpc) is 2.15. The van der Waals surface area contributed by atoms with Crippen LogP contribution in [0.2, 0.25) is 0 Å². The van der Waals surface area contributed by atoms with Crippen LogP contribution < -0.4 is 0 Å². The number of hydrogen-bond acceptors (Lipinski definition) is 4. The van der Waals surface area contributed by atoms with Gasteiger partial charge < -0.3 is 4.18 Å². The third-order valence-corrected chi connectivity index (χ3v) is 3.90. The first-order valence-corrected chi connectivity index (χ1v) is 7.66. The molecule has 0 saturated heterocycles. The Morgan fingerprint density at radius 3 is 2.06 bits per heavy atom. The summed E-state index contributed by atoms with van der Waals surface area (Å²) in [6.07, 6.45) is 0. The van der Waals surface area contributed by atoms with Gasteiger partial charge in [0.25, 0.3) is 0 Å². The Kier molecular flexibility index (Phi) is 4.74. The minimum absolute atomic E-state index is 0.0762. The zero-order valence-electron chi connectivity index (χ0n) is 9.11. The second-order valence-corrected chi connectivity index (χ2v) is 6.99. The van der Waals surface area contributed by atoms with Crippen LogP contribution in [0.1, 0.15) is 13.8 Å². The number of rotatable bonds is 3. The van der Waals surface area contributed by atoms with Gasteiger partial charge in [0.15, 0.2) is 0 Å². The molecule has 0 atom stereocenters. The fraction of sp³-hybridized carbons (Fsp3) is 0.300. The van der Waals surface area contributed by atoms with Crippen molar-refractivity contribution in [2.75, 3.05) is 0 Å². The molecule has 0 aliphatic rings. The quantitative estimate of drug-likeness (QED) is 0.750. The Bertz CT molecular complexity index is 517. The van der Waals surface area contributed by atoms with Crippen molar-refractivity contribution in [3.63, 3.8) is 0 Å². The molecule has 0 fully saturated rings. The van der Waals surface area contributed by atoms with Crippen molar-refractivity contribution in [2.24, 2.45) is 5.92 Å². The van der Waals surface area contributed by atoms with Gasteiger partial charge in [-0.15, -0.1) is 0 Å². The van der Waals surface area contributed by atoms with Gasteiger partial charge in [0.2, 0.25) is 0 Å². The lowest BCUT2D eigenvalue weighted by molar-refractivity contribution is -0.137. The molecule has 7 heteroatoms. The molecule has 1 aromatic carbocycles. The van der Waals surface area contributed by atoms with Gasteiger partial charge >= 0.3 is 16.1 Å². The highest BCUT2D eigenvalue weighted by Gasteiger charge is 2.22. The highest BCUT2D eigenvalue weighted by molar-refractivity contribution is 9.11. The van der Waals surface area contributed by atoms with E-state index in [1.54, 1.807) is 19.9 Å². The molecule has 0 radical (unpaired) electrons. The number of hydrogen-bond donors (Lipinski definition) is 0. The van der Waals surface area contributed by atoms with Gasteiger partial charge in [-0.3, -0.25) is 4.79 Å². The third-order valence-electron chi connectivity index (χ3n) is 1.79. The van der Waals surface area contributed by atoms with Gasteiger partial charge in [-0.05, 0) is 18.2 Å². The van der Waals surface area contributed by atoms with E-state index in [0.717, 1.165) is 0 Å². The first-order chi connectivity index (χ1) is 7.72. The number of benzene rings is 1. The van der Waals surface area contributed by atoms with Crippen molar-refractivity contribution >= 4 is 47.9 Å². The molecule has 0 amide bonds. The highest BCUT2D eigenvalue weighted by atomic mass is 79.9. The summed E-state index contributed by atoms with van der Waals surface area (Å²) in [6.45, 7) is 3.13. The molecule has 1 rings (SSSR count). The van der Waals surface area contributed by atoms with Crippen molar-refractivity contribution in [3.05, 3.63) is 27.1 Å². The highest BCUT2D eigenvalue weighted by Crippen LogP contribution is 2.24. The predicted molar refractivity (Wildman–Crippen MR) is 70.0 cm³/mol. The van der Waals surface area contributed by atoms with Crippen molar-refractivity contribution in [1.82, 2.24) is 0 Å². The van der Waals surface area contributed by atoms with Crippen LogP contribution in [0, 0.1) is 5.92 Å². The molecular formula is C10H10Br2O4S. The molecule has 0 heterocycles. The average molecular weight is 386 g/mol. The smallest absolute Gasteiger partial charge is 0.341 e. The lowest BCUT2D eigenvalue weighted by atomic mass is 10.2. The van der Waals surface area contributed by atoms with E-state index in [4.69, 9.17) is 0 Å². The summed E-state index contributed by atoms with van der Waals surface area (Å²) in [5.74, 6) is -1.28. The minimum Gasteiger partial charge on any atom is -0.342 e. The molecule has 0 N–H and O–H groups in total. The molecule has 0 saturated carbocycles. The molecule has 0 unspecified atom stereocenters. The van der Waals surface area contributed by atoms with Crippen LogP contribution in [0.5, 0.6) is 0 Å². The lowest BCUT2D eigenvalue weighted by Crippen LogP contribution is -2.17. The van der Waals surface area contributed by atoms with Gasteiger partial charge in [0, 0.05) is 8.95 Å². The third kappa shape index (κ3) is 4.08. The van der Waals surface area contributed by atoms with Crippen molar-refractivity contribution in [2.45, 2.75) is 18.7 Å². The topological polar surface area (TPSA) is 60.4 Å². The maximum atomic E-state index is 11.8. The van der Waals surface area contributed by atoms with E-state index in [-0.39, 0.29) is 4.90 Å². The van der Waals surface area contributed by atoms with Crippen molar-refractivity contribution in [3.8, 4) is 0 Å². The zero-order valence-corrected chi connectivity index (χ0v) is 13.1. The summed E-state index contributed by atoms with van der Waals surface area (Å²) in [6, 6.07) is 4.42. The van der Waals surface area contributed by atoms with Gasteiger partial charge in [-0.1, -0.05) is 45.7 Å². The van der Waals surface area contributed by atoms with Gasteiger partial charge in [-0.25, -0.2) is 0 Å². The van der Waals surface area contributed by atoms with E-state index in [1.165, 1.54) is 12.1 Å². The molecule has 0 bridgehead atoms. The first-order valence-electron chi connectivity index (χ1n) is 4.67. The van der Waals surface area contributed by atoms with E-state index >= 15 is 0 Å². The maximum Gasteiger partial charge on any atom is 0.341 e. The van der Waals surface area contributed by atoms with E-state index in [9.17, 15) is 13.2 Å². The first kappa shape index (κ1) is 14.7. The van der Waals surface area contributed by atoms with Crippen LogP contribution in [-0.4, -0.2) is 14.4 Å². The molecule has 0 aliphatic carbocycles. The van der Waals surface area contributed by atoms with Gasteiger partial charge in [0.1, 0.15) is 4.90 Å². The summed E-state index contributed by atoms with van der Waals surface area (Å²) in [5, 5.41) is 0. The van der Waals surface area contributed by atoms with E-state index in [1.807, 2.05) is 0 Å². The second-order valence-electron chi connectivity index (χ2n) is 3.62. The Morgan fingerprint density at radius 1 is 1.18 bits per heavy atom. The van der Waals surface area contributed by atoms with Gasteiger partial charge in [-0.2, -0.15) is 8.42 Å². The fourth-order valence-electron chi connectivity index (χ4n) is 0.925. The minimum atomic E-state index is -4.06. The summed E-state index contributed by atoms with van der Waals surface area (Å²) in [7, 11) is -4.06. The lowest BCUT2D eigenvalue weighted by Gasteiger charge is -2.08. The Labute approximate surface area is 117 Å². The summed E-state index contributed by atoms with van der Waals surface area (Å²) in [4.78, 5) is 11.2. The number of carbonyl (C=O) groups is 1. The predicted octanol–water partition coefficient (Wildman–Crippen LogP) is 3.10. The monoisotopic (exact) mass is 384 g/mol. The van der Waals surface area contributed by atoms with Crippen LogP contribution in [0.25, 0.3) is 0 Å². The second kappa shape index (κ2) is 5.49. The summed E-state index contributed by atoms with van der Waals surface area (Å²) < 4.78 is 29.2. The Hall–Kier alpha value is -0.400. The standard InChI is InChI=1S/C10H10Br2O4S/c1-6(2)10(13)16-17(14,15)9-4-7(11)3-8(12)5-9/h3-6H,1-2H3. The van der Waals surface area contributed by atoms with Crippen LogP contribution >= 0.6 is 31.9 Å². The summed E-state index contributed by atoms with van der Waals surface area (Å²) in [5.41, 5.74) is 0. The number of carbonyl (C=O) groups excluding carboxylic acids is 1. The molecule has 0 aliphatic heterocycles. The molecule has 1 aromatic rings. The maximum absolute atomic E-state index is 11.8. The Balaban J connectivity index is 3.09. The number of halogens is 2. The largest absolute Gasteiger partial charge is 0.342 e. The van der Waals surface area contributed by atoms with E-state index in [0.29, 0.717) is 8.95 Å². The SMILES string of the molecule is CC(C)C(=O)OS(=O)(=O)c1cc(Br)cc(Br)c1. The van der Waals surface area contributed by atoms with Crippen LogP contribution in [0.4, 0.5) is 0 Å². The van der Waals surface area contributed by atoms with Crippen molar-refractivity contribution < 1.29 is 17.4 Å². The molecule has 0 aromatic heterocycles. The molecule has 4 nitrogen and oxygen atoms in total. The fourth-order valence-corrected chi connectivity index (χ4v) is 3.57. The normalized spacial score (nSPS) is 11.6.